The molecule has 1 heterocycles. The van der Waals surface area contributed by atoms with Gasteiger partial charge in [0.15, 0.2) is 10.8 Å². The second-order valence-electron chi connectivity index (χ2n) is 5.45. The van der Waals surface area contributed by atoms with E-state index in [1.807, 2.05) is 0 Å². The molecule has 0 amide bonds. The summed E-state index contributed by atoms with van der Waals surface area (Å²) in [5.41, 5.74) is 1.95. The molecular weight excluding hydrogens is 318 g/mol. The number of carbonyl (C=O) groups excluding carboxylic acids is 1. The Labute approximate surface area is 139 Å². The average Bonchev–Trinajstić information content (AvgIpc) is 2.45. The summed E-state index contributed by atoms with van der Waals surface area (Å²) in [5, 5.41) is 25.3. The summed E-state index contributed by atoms with van der Waals surface area (Å²) in [6.45, 7) is 5.31. The Hall–Kier alpha value is -2.00. The largest absolute Gasteiger partial charge is 0.595 e. The van der Waals surface area contributed by atoms with Crippen molar-refractivity contribution in [2.45, 2.75) is 32.9 Å². The third-order valence-corrected chi connectivity index (χ3v) is 3.54. The van der Waals surface area contributed by atoms with Crippen molar-refractivity contribution in [1.29, 1.82) is 0 Å². The number of allylic oxidation sites excluding steroid dienone is 1. The van der Waals surface area contributed by atoms with E-state index >= 15 is 0 Å². The van der Waals surface area contributed by atoms with Crippen LogP contribution < -0.4 is 15.9 Å². The lowest BCUT2D eigenvalue weighted by molar-refractivity contribution is -0.991. The van der Waals surface area contributed by atoms with Crippen LogP contribution >= 0.6 is 12.2 Å². The van der Waals surface area contributed by atoms with Crippen LogP contribution in [0, 0.1) is 5.21 Å². The van der Waals surface area contributed by atoms with Gasteiger partial charge >= 0.3 is 5.97 Å². The van der Waals surface area contributed by atoms with Gasteiger partial charge in [0, 0.05) is 17.8 Å². The summed E-state index contributed by atoms with van der Waals surface area (Å²) in [6, 6.07) is 5.81. The predicted octanol–water partition coefficient (Wildman–Crippen LogP) is 0.834. The van der Waals surface area contributed by atoms with E-state index in [9.17, 15) is 10.0 Å². The number of benzene rings is 1. The Kier molecular flexibility index (Phi) is 5.32. The predicted molar refractivity (Wildman–Crippen MR) is 87.8 cm³/mol. The van der Waals surface area contributed by atoms with Crippen LogP contribution in [0.5, 0.6) is 0 Å². The SMILES string of the molecule is CC1=C(C(=O)OC(C)C)[C@H](c2ccc([NH+]([O-])O)cc2)NC(=S)N1. The van der Waals surface area contributed by atoms with Gasteiger partial charge in [0.2, 0.25) is 0 Å². The van der Waals surface area contributed by atoms with E-state index in [4.69, 9.17) is 22.2 Å². The van der Waals surface area contributed by atoms with Gasteiger partial charge in [-0.3, -0.25) is 0 Å². The summed E-state index contributed by atoms with van der Waals surface area (Å²) in [7, 11) is 0. The molecular formula is C15H19N3O4S. The van der Waals surface area contributed by atoms with Crippen LogP contribution in [0.2, 0.25) is 0 Å². The number of quaternary nitrogens is 1. The fraction of sp³-hybridized carbons (Fsp3) is 0.333. The molecule has 23 heavy (non-hydrogen) atoms. The maximum atomic E-state index is 12.4. The molecule has 0 spiro atoms. The minimum atomic E-state index is -1.00. The minimum absolute atomic E-state index is 0.178. The highest BCUT2D eigenvalue weighted by atomic mass is 32.1. The molecule has 0 aromatic heterocycles. The van der Waals surface area contributed by atoms with Gasteiger partial charge in [0.25, 0.3) is 0 Å². The standard InChI is InChI=1S/C15H19N3O4S/c1-8(2)22-14(19)12-9(3)16-15(23)17-13(12)10-4-6-11(7-5-10)18(20)21/h4-8,13,18,20H,1-3H3,(H2,16,17,23)/t13-/m0/s1. The number of hydrogen-bond acceptors (Lipinski definition) is 5. The molecule has 1 aliphatic heterocycles. The molecule has 0 fully saturated rings. The molecule has 1 aromatic rings. The fourth-order valence-electron chi connectivity index (χ4n) is 2.31. The maximum absolute atomic E-state index is 12.4. The highest BCUT2D eigenvalue weighted by Crippen LogP contribution is 2.28. The zero-order chi connectivity index (χ0) is 17.1. The van der Waals surface area contributed by atoms with Crippen LogP contribution in [0.1, 0.15) is 32.4 Å². The Morgan fingerprint density at radius 2 is 2.00 bits per heavy atom. The first-order valence-corrected chi connectivity index (χ1v) is 7.53. The molecule has 2 atom stereocenters. The first kappa shape index (κ1) is 17.4. The van der Waals surface area contributed by atoms with E-state index < -0.39 is 17.2 Å². The van der Waals surface area contributed by atoms with Crippen LogP contribution in [-0.4, -0.2) is 22.4 Å². The second-order valence-corrected chi connectivity index (χ2v) is 5.86. The van der Waals surface area contributed by atoms with Gasteiger partial charge in [-0.25, -0.2) is 10.0 Å². The van der Waals surface area contributed by atoms with Crippen LogP contribution in [0.25, 0.3) is 0 Å². The topological polar surface area (TPSA) is 98.1 Å². The molecule has 0 aliphatic carbocycles. The third-order valence-electron chi connectivity index (χ3n) is 3.32. The Bertz CT molecular complexity index is 641. The lowest BCUT2D eigenvalue weighted by atomic mass is 9.95. The monoisotopic (exact) mass is 337 g/mol. The number of thiocarbonyl (C=S) groups is 1. The van der Waals surface area contributed by atoms with E-state index in [1.54, 1.807) is 32.9 Å². The molecule has 0 bridgehead atoms. The van der Waals surface area contributed by atoms with Crippen molar-refractivity contribution < 1.29 is 20.0 Å². The van der Waals surface area contributed by atoms with Crippen molar-refractivity contribution >= 4 is 29.0 Å². The zero-order valence-electron chi connectivity index (χ0n) is 13.0. The average molecular weight is 337 g/mol. The summed E-state index contributed by atoms with van der Waals surface area (Å²) in [6.07, 6.45) is -0.244. The van der Waals surface area contributed by atoms with Gasteiger partial charge in [-0.2, -0.15) is 5.23 Å². The van der Waals surface area contributed by atoms with Gasteiger partial charge in [-0.1, -0.05) is 12.1 Å². The quantitative estimate of drug-likeness (QED) is 0.367. The van der Waals surface area contributed by atoms with Gasteiger partial charge in [0.1, 0.15) is 0 Å². The van der Waals surface area contributed by atoms with Gasteiger partial charge in [0.05, 0.1) is 17.7 Å². The molecule has 0 saturated carbocycles. The number of rotatable bonds is 4. The number of esters is 1. The van der Waals surface area contributed by atoms with Crippen molar-refractivity contribution in [3.63, 3.8) is 0 Å². The summed E-state index contributed by atoms with van der Waals surface area (Å²) in [4.78, 5) is 12.4. The van der Waals surface area contributed by atoms with Crippen molar-refractivity contribution in [2.75, 3.05) is 0 Å². The van der Waals surface area contributed by atoms with Gasteiger partial charge in [-0.15, -0.1) is 0 Å². The maximum Gasteiger partial charge on any atom is 0.338 e. The van der Waals surface area contributed by atoms with Crippen molar-refractivity contribution in [3.8, 4) is 0 Å². The molecule has 0 saturated heterocycles. The molecule has 1 aromatic carbocycles. The van der Waals surface area contributed by atoms with Crippen molar-refractivity contribution in [2.24, 2.45) is 0 Å². The van der Waals surface area contributed by atoms with Crippen LogP contribution in [0.15, 0.2) is 35.5 Å². The molecule has 0 radical (unpaired) electrons. The number of hydrogen-bond donors (Lipinski definition) is 4. The second kappa shape index (κ2) is 7.05. The van der Waals surface area contributed by atoms with Crippen LogP contribution in [0.4, 0.5) is 5.69 Å². The summed E-state index contributed by atoms with van der Waals surface area (Å²) >= 11 is 5.15. The van der Waals surface area contributed by atoms with Gasteiger partial charge in [-0.05, 0) is 38.6 Å². The third kappa shape index (κ3) is 4.05. The Balaban J connectivity index is 2.38. The van der Waals surface area contributed by atoms with E-state index in [0.29, 0.717) is 16.4 Å². The fourth-order valence-corrected chi connectivity index (χ4v) is 2.58. The van der Waals surface area contributed by atoms with Crippen LogP contribution in [-0.2, 0) is 9.53 Å². The molecule has 1 aliphatic rings. The van der Waals surface area contributed by atoms with E-state index in [2.05, 4.69) is 10.6 Å². The molecule has 124 valence electrons. The summed E-state index contributed by atoms with van der Waals surface area (Å²) < 4.78 is 5.29. The van der Waals surface area contributed by atoms with Crippen molar-refractivity contribution in [3.05, 3.63) is 46.3 Å². The molecule has 4 N–H and O–H groups in total. The number of nitrogens with one attached hydrogen (secondary N) is 3. The lowest BCUT2D eigenvalue weighted by Gasteiger charge is -2.30. The van der Waals surface area contributed by atoms with E-state index in [1.165, 1.54) is 12.1 Å². The Morgan fingerprint density at radius 1 is 1.39 bits per heavy atom. The van der Waals surface area contributed by atoms with Crippen molar-refractivity contribution in [1.82, 2.24) is 10.6 Å². The minimum Gasteiger partial charge on any atom is -0.595 e. The lowest BCUT2D eigenvalue weighted by Crippen LogP contribution is -2.99. The van der Waals surface area contributed by atoms with Gasteiger partial charge < -0.3 is 20.6 Å². The number of carbonyl (C=O) groups is 1. The number of ether oxygens (including phenoxy) is 1. The van der Waals surface area contributed by atoms with E-state index in [-0.39, 0.29) is 11.8 Å². The van der Waals surface area contributed by atoms with Crippen LogP contribution in [0.3, 0.4) is 0 Å². The van der Waals surface area contributed by atoms with E-state index in [0.717, 1.165) is 5.56 Å². The first-order chi connectivity index (χ1) is 10.8. The molecule has 1 unspecified atom stereocenters. The smallest absolute Gasteiger partial charge is 0.338 e. The zero-order valence-corrected chi connectivity index (χ0v) is 13.9. The summed E-state index contributed by atoms with van der Waals surface area (Å²) in [5.74, 6) is -0.438. The molecule has 8 heteroatoms. The Morgan fingerprint density at radius 3 is 2.52 bits per heavy atom. The highest BCUT2D eigenvalue weighted by Gasteiger charge is 2.31. The molecule has 2 rings (SSSR count). The first-order valence-electron chi connectivity index (χ1n) is 7.12. The highest BCUT2D eigenvalue weighted by molar-refractivity contribution is 7.80. The molecule has 7 nitrogen and oxygen atoms in total. The normalized spacial score (nSPS) is 19.2.